The van der Waals surface area contributed by atoms with Crippen LogP contribution in [0.1, 0.15) is 96.6 Å². The standard InChI is InChI=1S/C44H58N6O7.C3H6/c1-9-49-38-15-14-31(23-35(38)36(24-44(5,6)25-57-27-52)41(49)34-13-12-16-45-39(34)29(4)56-8)32-19-30(20-33(53)22-32)21-37(43(55)50-18-11-10-17-46-50)47-42(54)40(28(2)3)48(7)26-51;1-2-3-1/h12-16,19-20,22-23,26-29,37,40,46,53H,9-11,17-18,21,24-25H2,1-8H3,(H,47,54);1-3H2. The summed E-state index contributed by atoms with van der Waals surface area (Å²) in [4.78, 5) is 56.7. The number of aromatic nitrogens is 2. The number of methoxy groups -OCH3 is 1. The molecule has 1 saturated heterocycles. The number of aromatic hydroxyl groups is 1. The number of pyridine rings is 1. The van der Waals surface area contributed by atoms with Crippen molar-refractivity contribution in [3.8, 4) is 28.1 Å². The second-order valence-corrected chi connectivity index (χ2v) is 17.1. The minimum atomic E-state index is -0.965. The molecule has 2 aromatic heterocycles. The lowest BCUT2D eigenvalue weighted by Gasteiger charge is -2.33. The molecule has 13 heteroatoms. The molecule has 2 aromatic carbocycles. The molecule has 3 N–H and O–H groups in total. The molecule has 3 heterocycles. The lowest BCUT2D eigenvalue weighted by Crippen LogP contribution is -2.58. The molecule has 1 saturated carbocycles. The average molecular weight is 825 g/mol. The van der Waals surface area contributed by atoms with Gasteiger partial charge in [-0.15, -0.1) is 0 Å². The third kappa shape index (κ3) is 11.3. The van der Waals surface area contributed by atoms with Gasteiger partial charge in [0.05, 0.1) is 24.1 Å². The number of aryl methyl sites for hydroxylation is 1. The Morgan fingerprint density at radius 2 is 1.78 bits per heavy atom. The molecule has 3 amide bonds. The van der Waals surface area contributed by atoms with Crippen molar-refractivity contribution in [3.05, 3.63) is 71.5 Å². The maximum Gasteiger partial charge on any atom is 0.293 e. The highest BCUT2D eigenvalue weighted by molar-refractivity contribution is 5.95. The Morgan fingerprint density at radius 3 is 2.40 bits per heavy atom. The topological polar surface area (TPSA) is 155 Å². The number of carbonyl (C=O) groups excluding carboxylic acids is 4. The molecule has 0 spiro atoms. The summed E-state index contributed by atoms with van der Waals surface area (Å²) in [6.07, 6.45) is 9.07. The summed E-state index contributed by atoms with van der Waals surface area (Å²) < 4.78 is 13.3. The zero-order valence-corrected chi connectivity index (χ0v) is 36.6. The van der Waals surface area contributed by atoms with Crippen molar-refractivity contribution in [2.75, 3.05) is 33.9 Å². The Hall–Kier alpha value is -5.27. The maximum absolute atomic E-state index is 14.0. The van der Waals surface area contributed by atoms with Crippen LogP contribution in [-0.2, 0) is 48.0 Å². The SMILES string of the molecule is C1CC1.CCn1c(-c2cccnc2C(C)OC)c(CC(C)(C)COC=O)c2cc(-c3cc(O)cc(CC(NC(=O)C(C(C)C)N(C)C=O)C(=O)N4CCCCN4)c3)ccc21. The van der Waals surface area contributed by atoms with Crippen LogP contribution in [0.15, 0.2) is 54.7 Å². The van der Waals surface area contributed by atoms with E-state index in [4.69, 9.17) is 14.5 Å². The number of phenols is 1. The normalized spacial score (nSPS) is 15.4. The number of hydrogen-bond acceptors (Lipinski definition) is 9. The van der Waals surface area contributed by atoms with Crippen LogP contribution in [0.5, 0.6) is 5.75 Å². The highest BCUT2D eigenvalue weighted by atomic mass is 16.5. The predicted octanol–water partition coefficient (Wildman–Crippen LogP) is 6.98. The van der Waals surface area contributed by atoms with Crippen molar-refractivity contribution >= 4 is 35.6 Å². The van der Waals surface area contributed by atoms with Gasteiger partial charge in [0.25, 0.3) is 12.4 Å². The van der Waals surface area contributed by atoms with Crippen molar-refractivity contribution < 1.29 is 33.8 Å². The number of nitrogens with zero attached hydrogens (tertiary/aromatic N) is 4. The number of amides is 3. The van der Waals surface area contributed by atoms with Gasteiger partial charge in [-0.25, -0.2) is 5.43 Å². The Labute approximate surface area is 354 Å². The van der Waals surface area contributed by atoms with Gasteiger partial charge >= 0.3 is 0 Å². The summed E-state index contributed by atoms with van der Waals surface area (Å²) in [7, 11) is 3.22. The fourth-order valence-corrected chi connectivity index (χ4v) is 8.00. The number of benzene rings is 2. The first-order chi connectivity index (χ1) is 28.7. The fraction of sp³-hybridized carbons (Fsp3) is 0.511. The number of ether oxygens (including phenoxy) is 2. The molecule has 2 fully saturated rings. The van der Waals surface area contributed by atoms with Crippen molar-refractivity contribution in [3.63, 3.8) is 0 Å². The molecular formula is C47H64N6O7. The quantitative estimate of drug-likeness (QED) is 0.0902. The molecule has 60 heavy (non-hydrogen) atoms. The summed E-state index contributed by atoms with van der Waals surface area (Å²) in [5, 5.41) is 16.7. The van der Waals surface area contributed by atoms with E-state index >= 15 is 0 Å². The Morgan fingerprint density at radius 1 is 1.03 bits per heavy atom. The van der Waals surface area contributed by atoms with E-state index in [1.807, 2.05) is 39.0 Å². The lowest BCUT2D eigenvalue weighted by atomic mass is 9.84. The molecule has 0 bridgehead atoms. The maximum atomic E-state index is 14.0. The molecule has 0 radical (unpaired) electrons. The highest BCUT2D eigenvalue weighted by Crippen LogP contribution is 2.42. The minimum Gasteiger partial charge on any atom is -0.508 e. The number of likely N-dealkylation sites (N-methyl/N-ethyl adjacent to an activating group) is 1. The second-order valence-electron chi connectivity index (χ2n) is 17.1. The number of rotatable bonds is 18. The molecule has 324 valence electrons. The molecule has 4 aromatic rings. The Bertz CT molecular complexity index is 2100. The Kier molecular flexibility index (Phi) is 15.9. The number of phenolic OH excluding ortho intramolecular Hbond substituents is 1. The van der Waals surface area contributed by atoms with Crippen LogP contribution in [0.3, 0.4) is 0 Å². The molecule has 3 atom stereocenters. The van der Waals surface area contributed by atoms with Crippen LogP contribution in [0.2, 0.25) is 0 Å². The van der Waals surface area contributed by atoms with Gasteiger partial charge in [0.15, 0.2) is 0 Å². The molecule has 1 aliphatic heterocycles. The van der Waals surface area contributed by atoms with Crippen LogP contribution >= 0.6 is 0 Å². The number of nitrogens with one attached hydrogen (secondary N) is 2. The van der Waals surface area contributed by atoms with E-state index in [0.29, 0.717) is 44.5 Å². The molecule has 6 rings (SSSR count). The molecule has 2 aliphatic rings. The van der Waals surface area contributed by atoms with Crippen LogP contribution < -0.4 is 10.7 Å². The van der Waals surface area contributed by atoms with Crippen LogP contribution in [0.4, 0.5) is 0 Å². The van der Waals surface area contributed by atoms with E-state index in [1.165, 1.54) is 24.2 Å². The first-order valence-corrected chi connectivity index (χ1v) is 21.3. The third-order valence-electron chi connectivity index (χ3n) is 11.1. The van der Waals surface area contributed by atoms with Gasteiger partial charge in [-0.05, 0) is 97.7 Å². The number of carbonyl (C=O) groups is 4. The largest absolute Gasteiger partial charge is 0.508 e. The highest BCUT2D eigenvalue weighted by Gasteiger charge is 2.33. The Balaban J connectivity index is 0.00000217. The van der Waals surface area contributed by atoms with Crippen molar-refractivity contribution in [2.24, 2.45) is 11.3 Å². The minimum absolute atomic E-state index is 0.0182. The zero-order chi connectivity index (χ0) is 43.6. The van der Waals surface area contributed by atoms with Gasteiger partial charge in [0.1, 0.15) is 17.8 Å². The van der Waals surface area contributed by atoms with Gasteiger partial charge in [-0.3, -0.25) is 29.2 Å². The van der Waals surface area contributed by atoms with Gasteiger partial charge in [0.2, 0.25) is 12.3 Å². The van der Waals surface area contributed by atoms with Crippen molar-refractivity contribution in [1.82, 2.24) is 30.2 Å². The first kappa shape index (κ1) is 45.8. The number of fused-ring (bicyclic) bond motifs is 1. The smallest absolute Gasteiger partial charge is 0.293 e. The summed E-state index contributed by atoms with van der Waals surface area (Å²) >= 11 is 0. The van der Waals surface area contributed by atoms with Crippen LogP contribution in [0.25, 0.3) is 33.3 Å². The predicted molar refractivity (Wildman–Crippen MR) is 234 cm³/mol. The second kappa shape index (κ2) is 20.8. The number of hydrazine groups is 1. The van der Waals surface area contributed by atoms with E-state index < -0.39 is 23.4 Å². The first-order valence-electron chi connectivity index (χ1n) is 21.3. The van der Waals surface area contributed by atoms with Gasteiger partial charge in [0, 0.05) is 68.3 Å². The van der Waals surface area contributed by atoms with E-state index in [9.17, 15) is 24.3 Å². The summed E-state index contributed by atoms with van der Waals surface area (Å²) in [5.41, 5.74) is 9.82. The fourth-order valence-electron chi connectivity index (χ4n) is 8.00. The van der Waals surface area contributed by atoms with E-state index in [1.54, 1.807) is 37.5 Å². The lowest BCUT2D eigenvalue weighted by molar-refractivity contribution is -0.142. The molecule has 3 unspecified atom stereocenters. The summed E-state index contributed by atoms with van der Waals surface area (Å²) in [5.74, 6) is -0.898. The van der Waals surface area contributed by atoms with E-state index in [2.05, 4.69) is 54.3 Å². The van der Waals surface area contributed by atoms with Gasteiger partial charge in [-0.1, -0.05) is 59.1 Å². The van der Waals surface area contributed by atoms with Crippen molar-refractivity contribution in [1.29, 1.82) is 0 Å². The molecular weight excluding hydrogens is 761 g/mol. The third-order valence-corrected chi connectivity index (χ3v) is 11.1. The van der Waals surface area contributed by atoms with E-state index in [0.717, 1.165) is 57.4 Å². The van der Waals surface area contributed by atoms with Gasteiger partial charge < -0.3 is 29.4 Å². The molecule has 13 nitrogen and oxygen atoms in total. The van der Waals surface area contributed by atoms with Crippen LogP contribution in [-0.4, -0.2) is 95.2 Å². The average Bonchev–Trinajstić information content (AvgIpc) is 4.10. The van der Waals surface area contributed by atoms with E-state index in [-0.39, 0.29) is 36.7 Å². The zero-order valence-electron chi connectivity index (χ0n) is 36.6. The van der Waals surface area contributed by atoms with Gasteiger partial charge in [-0.2, -0.15) is 0 Å². The monoisotopic (exact) mass is 824 g/mol. The summed E-state index contributed by atoms with van der Waals surface area (Å²) in [6.45, 7) is 14.5. The summed E-state index contributed by atoms with van der Waals surface area (Å²) in [6, 6.07) is 13.7. The van der Waals surface area contributed by atoms with Crippen molar-refractivity contribution in [2.45, 2.75) is 111 Å². The van der Waals surface area contributed by atoms with Crippen LogP contribution in [0, 0.1) is 11.3 Å². The number of hydrogen-bond donors (Lipinski definition) is 3. The molecule has 1 aliphatic carbocycles.